The van der Waals surface area contributed by atoms with Crippen LogP contribution in [-0.2, 0) is 5.41 Å². The molecular formula is C40H35NO. The van der Waals surface area contributed by atoms with Gasteiger partial charge in [-0.3, -0.25) is 0 Å². The van der Waals surface area contributed by atoms with Gasteiger partial charge >= 0.3 is 0 Å². The molecule has 2 nitrogen and oxygen atoms in total. The first-order valence-corrected chi connectivity index (χ1v) is 14.4. The minimum Gasteiger partial charge on any atom is -0.508 e. The summed E-state index contributed by atoms with van der Waals surface area (Å²) in [4.78, 5) is 5.12. The number of aromatic hydroxyl groups is 1. The van der Waals surface area contributed by atoms with Gasteiger partial charge < -0.3 is 5.11 Å². The minimum absolute atomic E-state index is 0.134. The Balaban J connectivity index is 1.36. The van der Waals surface area contributed by atoms with Crippen LogP contribution in [0.5, 0.6) is 5.75 Å². The van der Waals surface area contributed by atoms with Crippen molar-refractivity contribution in [3.63, 3.8) is 0 Å². The summed E-state index contributed by atoms with van der Waals surface area (Å²) in [6, 6.07) is 46.3. The molecule has 1 heterocycles. The van der Waals surface area contributed by atoms with Gasteiger partial charge in [0, 0.05) is 11.1 Å². The average molecular weight is 546 g/mol. The number of nitrogens with zero attached hydrogens (tertiary/aromatic N) is 1. The molecule has 6 rings (SSSR count). The van der Waals surface area contributed by atoms with E-state index in [1.807, 2.05) is 12.1 Å². The van der Waals surface area contributed by atoms with Crippen LogP contribution in [0, 0.1) is 6.92 Å². The highest BCUT2D eigenvalue weighted by Crippen LogP contribution is 2.33. The van der Waals surface area contributed by atoms with Gasteiger partial charge in [-0.05, 0) is 75.5 Å². The maximum atomic E-state index is 9.87. The van der Waals surface area contributed by atoms with Crippen LogP contribution in [0.15, 0.2) is 133 Å². The fourth-order valence-electron chi connectivity index (χ4n) is 5.22. The van der Waals surface area contributed by atoms with E-state index in [1.165, 1.54) is 33.4 Å². The third kappa shape index (κ3) is 5.89. The number of hydrogen-bond donors (Lipinski definition) is 1. The summed E-state index contributed by atoms with van der Waals surface area (Å²) in [5.41, 5.74) is 13.5. The zero-order valence-corrected chi connectivity index (χ0v) is 24.6. The topological polar surface area (TPSA) is 33.1 Å². The third-order valence-corrected chi connectivity index (χ3v) is 7.86. The number of aryl methyl sites for hydroxylation is 1. The molecule has 0 saturated carbocycles. The number of phenolic OH excluding ortho intramolecular Hbond substituents is 1. The van der Waals surface area contributed by atoms with Gasteiger partial charge in [0.05, 0.1) is 11.4 Å². The highest BCUT2D eigenvalue weighted by molar-refractivity contribution is 5.79. The first kappa shape index (κ1) is 27.2. The molecule has 0 spiro atoms. The number of pyridine rings is 1. The smallest absolute Gasteiger partial charge is 0.115 e. The summed E-state index contributed by atoms with van der Waals surface area (Å²) < 4.78 is 0. The molecule has 0 aliphatic carbocycles. The zero-order chi connectivity index (χ0) is 29.3. The van der Waals surface area contributed by atoms with Gasteiger partial charge in [0.15, 0.2) is 0 Å². The highest BCUT2D eigenvalue weighted by atomic mass is 16.3. The molecule has 2 heteroatoms. The number of rotatable bonds is 5. The monoisotopic (exact) mass is 545 g/mol. The van der Waals surface area contributed by atoms with Crippen molar-refractivity contribution in [3.05, 3.63) is 145 Å². The fraction of sp³-hybridized carbons (Fsp3) is 0.125. The predicted octanol–water partition coefficient (Wildman–Crippen LogP) is 10.7. The molecule has 0 bridgehead atoms. The lowest BCUT2D eigenvalue weighted by atomic mass is 9.86. The number of phenols is 1. The zero-order valence-electron chi connectivity index (χ0n) is 24.6. The summed E-state index contributed by atoms with van der Waals surface area (Å²) in [5, 5.41) is 9.87. The molecule has 5 aromatic carbocycles. The largest absolute Gasteiger partial charge is 0.508 e. The Bertz CT molecular complexity index is 1810. The van der Waals surface area contributed by atoms with Crippen molar-refractivity contribution in [2.75, 3.05) is 0 Å². The normalized spacial score (nSPS) is 11.4. The van der Waals surface area contributed by atoms with Crippen LogP contribution in [0.2, 0.25) is 0 Å². The van der Waals surface area contributed by atoms with E-state index < -0.39 is 0 Å². The van der Waals surface area contributed by atoms with Gasteiger partial charge in [-0.2, -0.15) is 0 Å². The van der Waals surface area contributed by atoms with E-state index in [2.05, 4.69) is 137 Å². The van der Waals surface area contributed by atoms with Crippen molar-refractivity contribution in [2.24, 2.45) is 0 Å². The van der Waals surface area contributed by atoms with Crippen LogP contribution in [0.1, 0.15) is 31.9 Å². The van der Waals surface area contributed by atoms with E-state index in [1.54, 1.807) is 12.1 Å². The van der Waals surface area contributed by atoms with Crippen molar-refractivity contribution < 1.29 is 5.11 Å². The van der Waals surface area contributed by atoms with Crippen molar-refractivity contribution >= 4 is 0 Å². The van der Waals surface area contributed by atoms with E-state index in [4.69, 9.17) is 4.98 Å². The molecule has 1 aromatic heterocycles. The second-order valence-electron chi connectivity index (χ2n) is 12.0. The number of benzene rings is 5. The minimum atomic E-state index is 0.134. The first-order valence-electron chi connectivity index (χ1n) is 14.4. The van der Waals surface area contributed by atoms with Crippen molar-refractivity contribution in [3.8, 4) is 61.6 Å². The van der Waals surface area contributed by atoms with Gasteiger partial charge in [-0.25, -0.2) is 4.98 Å². The van der Waals surface area contributed by atoms with E-state index in [-0.39, 0.29) is 11.2 Å². The van der Waals surface area contributed by atoms with Gasteiger partial charge in [-0.1, -0.05) is 136 Å². The average Bonchev–Trinajstić information content (AvgIpc) is 3.01. The Hall–Kier alpha value is -4.95. The molecule has 42 heavy (non-hydrogen) atoms. The summed E-state index contributed by atoms with van der Waals surface area (Å²) >= 11 is 0. The molecular weight excluding hydrogens is 510 g/mol. The van der Waals surface area contributed by atoms with E-state index in [0.29, 0.717) is 0 Å². The number of hydrogen-bond acceptors (Lipinski definition) is 2. The van der Waals surface area contributed by atoms with E-state index >= 15 is 0 Å². The molecule has 206 valence electrons. The fourth-order valence-corrected chi connectivity index (χ4v) is 5.22. The Morgan fingerprint density at radius 1 is 0.429 bits per heavy atom. The molecule has 0 saturated heterocycles. The second kappa shape index (κ2) is 11.1. The van der Waals surface area contributed by atoms with Gasteiger partial charge in [-0.15, -0.1) is 0 Å². The van der Waals surface area contributed by atoms with Gasteiger partial charge in [0.2, 0.25) is 0 Å². The molecule has 0 amide bonds. The molecule has 0 aliphatic rings. The maximum absolute atomic E-state index is 9.87. The number of aromatic nitrogens is 1. The van der Waals surface area contributed by atoms with Gasteiger partial charge in [0.1, 0.15) is 5.75 Å². The van der Waals surface area contributed by atoms with Crippen molar-refractivity contribution in [1.29, 1.82) is 0 Å². The van der Waals surface area contributed by atoms with E-state index in [9.17, 15) is 5.11 Å². The predicted molar refractivity (Wildman–Crippen MR) is 177 cm³/mol. The summed E-state index contributed by atoms with van der Waals surface area (Å²) in [5.74, 6) is 0.256. The van der Waals surface area contributed by atoms with Crippen LogP contribution < -0.4 is 0 Å². The van der Waals surface area contributed by atoms with Crippen LogP contribution in [0.4, 0.5) is 0 Å². The first-order chi connectivity index (χ1) is 20.2. The second-order valence-corrected chi connectivity index (χ2v) is 12.0. The Labute approximate surface area is 249 Å². The van der Waals surface area contributed by atoms with Gasteiger partial charge in [0.25, 0.3) is 0 Å². The molecule has 0 unspecified atom stereocenters. The van der Waals surface area contributed by atoms with Crippen LogP contribution in [0.3, 0.4) is 0 Å². The lowest BCUT2D eigenvalue weighted by molar-refractivity contribution is 0.475. The Morgan fingerprint density at radius 3 is 1.19 bits per heavy atom. The summed E-state index contributed by atoms with van der Waals surface area (Å²) in [7, 11) is 0. The maximum Gasteiger partial charge on any atom is 0.115 e. The molecule has 0 atom stereocenters. The molecule has 1 N–H and O–H groups in total. The molecule has 6 aromatic rings. The van der Waals surface area contributed by atoms with E-state index in [0.717, 1.165) is 33.6 Å². The lowest BCUT2D eigenvalue weighted by Gasteiger charge is -2.19. The van der Waals surface area contributed by atoms with Crippen molar-refractivity contribution in [2.45, 2.75) is 33.1 Å². The van der Waals surface area contributed by atoms with Crippen LogP contribution in [-0.4, -0.2) is 10.1 Å². The molecule has 0 fully saturated rings. The summed E-state index contributed by atoms with van der Waals surface area (Å²) in [6.07, 6.45) is 0. The van der Waals surface area contributed by atoms with Crippen LogP contribution >= 0.6 is 0 Å². The Morgan fingerprint density at radius 2 is 0.762 bits per heavy atom. The summed E-state index contributed by atoms with van der Waals surface area (Å²) in [6.45, 7) is 8.82. The third-order valence-electron chi connectivity index (χ3n) is 7.86. The lowest BCUT2D eigenvalue weighted by Crippen LogP contribution is -2.10. The molecule has 0 radical (unpaired) electrons. The van der Waals surface area contributed by atoms with Crippen LogP contribution in [0.25, 0.3) is 55.9 Å². The quantitative estimate of drug-likeness (QED) is 0.234. The standard InChI is InChI=1S/C40H35NO/c1-27-5-7-28(8-6-27)29-9-13-33(14-10-29)38-25-35(32-19-23-37(42)24-20-32)26-39(41-38)34-15-11-30(12-16-34)31-17-21-36(22-18-31)40(2,3)4/h5-26,42H,1-4H3. The highest BCUT2D eigenvalue weighted by Gasteiger charge is 2.14. The molecule has 0 aliphatic heterocycles. The SMILES string of the molecule is Cc1ccc(-c2ccc(-c3cc(-c4ccc(O)cc4)cc(-c4ccc(-c5ccc(C(C)(C)C)cc5)cc4)n3)cc2)cc1. The van der Waals surface area contributed by atoms with Crippen molar-refractivity contribution in [1.82, 2.24) is 4.98 Å². The Kier molecular flexibility index (Phi) is 7.22.